The molecule has 2 N–H and O–H groups in total. The standard InChI is InChI=1S/C38H47ClN2O4/c1-26-21-37(35(39)22-31(26)23-41-20-7-5-17-36(41)38(43)44)45-25-30-13-9-16-34(28(30)3)33-15-8-12-29(27(33)2)11-4-6-18-40-19-10-14-32(42)24-40/h4,8-9,11-13,15-16,21-22,32,36,42H,5-7,10,14,17-20,23-25H2,1-3H3,(H,43,44)/b11-4+/t32-,36+/m1/s1. The van der Waals surface area contributed by atoms with E-state index in [-0.39, 0.29) is 6.10 Å². The van der Waals surface area contributed by atoms with E-state index in [1.165, 1.54) is 27.8 Å². The number of piperidine rings is 2. The number of β-amino-alcohol motifs (C(OH)–C–C–N with tert-alkyl or cyclic N) is 1. The Morgan fingerprint density at radius 3 is 2.53 bits per heavy atom. The zero-order valence-electron chi connectivity index (χ0n) is 26.9. The Morgan fingerprint density at radius 2 is 1.76 bits per heavy atom. The molecule has 3 aromatic carbocycles. The molecule has 0 spiro atoms. The predicted octanol–water partition coefficient (Wildman–Crippen LogP) is 7.81. The van der Waals surface area contributed by atoms with Crippen molar-refractivity contribution in [3.63, 3.8) is 0 Å². The maximum absolute atomic E-state index is 11.8. The fourth-order valence-electron chi connectivity index (χ4n) is 6.77. The lowest BCUT2D eigenvalue weighted by Gasteiger charge is -2.33. The number of hydrogen-bond donors (Lipinski definition) is 2. The zero-order valence-corrected chi connectivity index (χ0v) is 27.7. The fourth-order valence-corrected chi connectivity index (χ4v) is 7.01. The van der Waals surface area contributed by atoms with Crippen LogP contribution in [0.25, 0.3) is 17.2 Å². The lowest BCUT2D eigenvalue weighted by Crippen LogP contribution is -2.44. The van der Waals surface area contributed by atoms with Gasteiger partial charge in [0.2, 0.25) is 0 Å². The van der Waals surface area contributed by atoms with Crippen LogP contribution < -0.4 is 4.74 Å². The normalized spacial score (nSPS) is 19.7. The molecule has 2 fully saturated rings. The number of hydrogen-bond acceptors (Lipinski definition) is 5. The lowest BCUT2D eigenvalue weighted by atomic mass is 9.91. The Morgan fingerprint density at radius 1 is 0.978 bits per heavy atom. The van der Waals surface area contributed by atoms with Crippen LogP contribution in [-0.2, 0) is 17.9 Å². The molecular formula is C38H47ClN2O4. The van der Waals surface area contributed by atoms with Crippen molar-refractivity contribution in [1.29, 1.82) is 0 Å². The van der Waals surface area contributed by atoms with E-state index >= 15 is 0 Å². The highest BCUT2D eigenvalue weighted by molar-refractivity contribution is 6.32. The molecule has 6 nitrogen and oxygen atoms in total. The summed E-state index contributed by atoms with van der Waals surface area (Å²) in [4.78, 5) is 16.2. The smallest absolute Gasteiger partial charge is 0.320 e. The van der Waals surface area contributed by atoms with Crippen LogP contribution in [0.15, 0.2) is 54.6 Å². The van der Waals surface area contributed by atoms with E-state index in [0.29, 0.717) is 30.3 Å². The van der Waals surface area contributed by atoms with Gasteiger partial charge in [-0.3, -0.25) is 9.69 Å². The van der Waals surface area contributed by atoms with E-state index in [9.17, 15) is 15.0 Å². The Bertz CT molecular complexity index is 1520. The van der Waals surface area contributed by atoms with Gasteiger partial charge in [-0.05, 0) is 123 Å². The maximum atomic E-state index is 11.8. The molecule has 5 rings (SSSR count). The third-order valence-electron chi connectivity index (χ3n) is 9.55. The van der Waals surface area contributed by atoms with Crippen LogP contribution in [-0.4, -0.2) is 64.3 Å². The topological polar surface area (TPSA) is 73.2 Å². The molecule has 3 aromatic rings. The van der Waals surface area contributed by atoms with Crippen LogP contribution in [0, 0.1) is 20.8 Å². The van der Waals surface area contributed by atoms with E-state index in [4.69, 9.17) is 16.3 Å². The van der Waals surface area contributed by atoms with E-state index in [1.807, 2.05) is 24.0 Å². The molecule has 0 bridgehead atoms. The molecule has 2 aliphatic heterocycles. The summed E-state index contributed by atoms with van der Waals surface area (Å²) in [6.45, 7) is 11.0. The van der Waals surface area contributed by atoms with E-state index in [2.05, 4.69) is 67.3 Å². The number of aliphatic hydroxyl groups excluding tert-OH is 1. The van der Waals surface area contributed by atoms with Gasteiger partial charge in [0, 0.05) is 19.6 Å². The second-order valence-corrected chi connectivity index (χ2v) is 13.1. The summed E-state index contributed by atoms with van der Waals surface area (Å²) in [5, 5.41) is 20.1. The second kappa shape index (κ2) is 15.4. The van der Waals surface area contributed by atoms with Crippen molar-refractivity contribution < 1.29 is 19.7 Å². The first-order chi connectivity index (χ1) is 21.7. The molecule has 0 radical (unpaired) electrons. The first-order valence-electron chi connectivity index (χ1n) is 16.4. The molecule has 0 unspecified atom stereocenters. The Kier molecular flexibility index (Phi) is 11.4. The second-order valence-electron chi connectivity index (χ2n) is 12.7. The molecule has 0 aliphatic carbocycles. The highest BCUT2D eigenvalue weighted by Gasteiger charge is 2.28. The van der Waals surface area contributed by atoms with Gasteiger partial charge in [0.25, 0.3) is 0 Å². The summed E-state index contributed by atoms with van der Waals surface area (Å²) in [6, 6.07) is 16.3. The number of carboxylic acids is 1. The third kappa shape index (κ3) is 8.36. The van der Waals surface area contributed by atoms with Gasteiger partial charge in [0.1, 0.15) is 18.4 Å². The number of ether oxygens (including phenoxy) is 1. The highest BCUT2D eigenvalue weighted by Crippen LogP contribution is 2.34. The molecule has 2 heterocycles. The maximum Gasteiger partial charge on any atom is 0.320 e. The van der Waals surface area contributed by atoms with Crippen LogP contribution in [0.4, 0.5) is 0 Å². The SMILES string of the molecule is Cc1cc(OCc2cccc(-c3cccc(/C=C/CCN4CCC[C@@H](O)C4)c3C)c2C)c(Cl)cc1CN1CCCC[C@H]1C(=O)O. The first kappa shape index (κ1) is 33.2. The first-order valence-corrected chi connectivity index (χ1v) is 16.7. The lowest BCUT2D eigenvalue weighted by molar-refractivity contribution is -0.144. The van der Waals surface area contributed by atoms with Crippen molar-refractivity contribution in [2.24, 2.45) is 0 Å². The number of likely N-dealkylation sites (tertiary alicyclic amines) is 2. The van der Waals surface area contributed by atoms with Gasteiger partial charge in [-0.1, -0.05) is 66.6 Å². The molecular weight excluding hydrogens is 584 g/mol. The minimum Gasteiger partial charge on any atom is -0.487 e. The summed E-state index contributed by atoms with van der Waals surface area (Å²) >= 11 is 6.71. The van der Waals surface area contributed by atoms with Crippen LogP contribution in [0.3, 0.4) is 0 Å². The fraction of sp³-hybridized carbons (Fsp3) is 0.447. The molecule has 2 atom stereocenters. The molecule has 2 saturated heterocycles. The minimum atomic E-state index is -0.750. The van der Waals surface area contributed by atoms with Crippen LogP contribution in [0.2, 0.25) is 5.02 Å². The van der Waals surface area contributed by atoms with Crippen molar-refractivity contribution in [2.45, 2.75) is 84.6 Å². The third-order valence-corrected chi connectivity index (χ3v) is 9.84. The monoisotopic (exact) mass is 630 g/mol. The van der Waals surface area contributed by atoms with Gasteiger partial charge >= 0.3 is 5.97 Å². The number of halogens is 1. The van der Waals surface area contributed by atoms with Crippen molar-refractivity contribution in [3.05, 3.63) is 93.0 Å². The number of benzene rings is 3. The minimum absolute atomic E-state index is 0.183. The summed E-state index contributed by atoms with van der Waals surface area (Å²) < 4.78 is 6.29. The molecule has 2 aliphatic rings. The molecule has 45 heavy (non-hydrogen) atoms. The van der Waals surface area contributed by atoms with Crippen molar-refractivity contribution in [2.75, 3.05) is 26.2 Å². The van der Waals surface area contributed by atoms with Gasteiger partial charge in [-0.25, -0.2) is 0 Å². The number of aryl methyl sites for hydroxylation is 1. The van der Waals surface area contributed by atoms with Gasteiger partial charge in [-0.2, -0.15) is 0 Å². The van der Waals surface area contributed by atoms with E-state index < -0.39 is 12.0 Å². The van der Waals surface area contributed by atoms with Crippen LogP contribution in [0.1, 0.15) is 71.9 Å². The average molecular weight is 631 g/mol. The quantitative estimate of drug-likeness (QED) is 0.225. The Labute approximate surface area is 273 Å². The van der Waals surface area contributed by atoms with Gasteiger partial charge < -0.3 is 19.8 Å². The number of rotatable bonds is 11. The number of carbonyl (C=O) groups is 1. The average Bonchev–Trinajstić information content (AvgIpc) is 3.02. The zero-order chi connectivity index (χ0) is 31.9. The Hall–Kier alpha value is -3.16. The van der Waals surface area contributed by atoms with Crippen LogP contribution in [0.5, 0.6) is 5.75 Å². The molecule has 0 saturated carbocycles. The van der Waals surface area contributed by atoms with Crippen molar-refractivity contribution >= 4 is 23.6 Å². The van der Waals surface area contributed by atoms with Crippen molar-refractivity contribution in [1.82, 2.24) is 9.80 Å². The van der Waals surface area contributed by atoms with Gasteiger partial charge in [0.15, 0.2) is 0 Å². The number of aliphatic carboxylic acids is 1. The van der Waals surface area contributed by atoms with E-state index in [0.717, 1.165) is 75.0 Å². The predicted molar refractivity (Wildman–Crippen MR) is 183 cm³/mol. The molecule has 7 heteroatoms. The van der Waals surface area contributed by atoms with Crippen LogP contribution >= 0.6 is 11.6 Å². The number of aliphatic hydroxyl groups is 1. The van der Waals surface area contributed by atoms with Gasteiger partial charge in [-0.15, -0.1) is 0 Å². The number of carboxylic acid groups (broad SMARTS) is 1. The molecule has 240 valence electrons. The Balaban J connectivity index is 1.25. The largest absolute Gasteiger partial charge is 0.487 e. The summed E-state index contributed by atoms with van der Waals surface area (Å²) in [6.07, 6.45) is 9.90. The van der Waals surface area contributed by atoms with E-state index in [1.54, 1.807) is 0 Å². The highest BCUT2D eigenvalue weighted by atomic mass is 35.5. The van der Waals surface area contributed by atoms with Crippen molar-refractivity contribution in [3.8, 4) is 16.9 Å². The summed E-state index contributed by atoms with van der Waals surface area (Å²) in [7, 11) is 0. The summed E-state index contributed by atoms with van der Waals surface area (Å²) in [5.41, 5.74) is 9.23. The number of nitrogens with zero attached hydrogens (tertiary/aromatic N) is 2. The molecule has 0 amide bonds. The summed E-state index contributed by atoms with van der Waals surface area (Å²) in [5.74, 6) is -0.113. The molecule has 0 aromatic heterocycles. The van der Waals surface area contributed by atoms with Gasteiger partial charge in [0.05, 0.1) is 11.1 Å².